The van der Waals surface area contributed by atoms with Gasteiger partial charge in [0.2, 0.25) is 0 Å². The molecule has 3 N–H and O–H groups in total. The van der Waals surface area contributed by atoms with Gasteiger partial charge >= 0.3 is 0 Å². The summed E-state index contributed by atoms with van der Waals surface area (Å²) in [4.78, 5) is 0. The maximum Gasteiger partial charge on any atom is 0.00980 e. The molecule has 0 aromatic rings. The van der Waals surface area contributed by atoms with Gasteiger partial charge in [-0.15, -0.1) is 0 Å². The highest BCUT2D eigenvalue weighted by molar-refractivity contribution is 4.91. The molecule has 1 heterocycles. The highest BCUT2D eigenvalue weighted by Gasteiger charge is 2.33. The Morgan fingerprint density at radius 2 is 1.69 bits per heavy atom. The van der Waals surface area contributed by atoms with Gasteiger partial charge in [0, 0.05) is 12.1 Å². The number of piperidine rings is 1. The van der Waals surface area contributed by atoms with Gasteiger partial charge in [0.05, 0.1) is 0 Å². The second kappa shape index (κ2) is 6.61. The number of hydrogen-bond donors (Lipinski definition) is 1. The van der Waals surface area contributed by atoms with E-state index < -0.39 is 0 Å². The fraction of sp³-hybridized carbons (Fsp3) is 1.00. The molecule has 0 spiro atoms. The number of rotatable bonds is 3. The average Bonchev–Trinajstić information content (AvgIpc) is 2.30. The average molecular weight is 227 g/mol. The van der Waals surface area contributed by atoms with Crippen molar-refractivity contribution in [1.29, 1.82) is 0 Å². The lowest BCUT2D eigenvalue weighted by molar-refractivity contribution is 0.143. The Labute approximate surface area is 101 Å². The highest BCUT2D eigenvalue weighted by atomic mass is 16.0. The predicted molar refractivity (Wildman–Crippen MR) is 69.6 cm³/mol. The normalized spacial score (nSPS) is 34.3. The van der Waals surface area contributed by atoms with Gasteiger partial charge < -0.3 is 10.8 Å². The lowest BCUT2D eigenvalue weighted by atomic mass is 9.75. The first-order chi connectivity index (χ1) is 7.35. The third-order valence-electron chi connectivity index (χ3n) is 4.80. The minimum atomic E-state index is 0. The molecule has 2 rings (SSSR count). The van der Waals surface area contributed by atoms with E-state index in [1.54, 1.807) is 0 Å². The van der Waals surface area contributed by atoms with E-state index in [2.05, 4.69) is 19.2 Å². The van der Waals surface area contributed by atoms with Crippen LogP contribution in [0, 0.1) is 11.8 Å². The third kappa shape index (κ3) is 2.98. The molecule has 0 aromatic heterocycles. The van der Waals surface area contributed by atoms with Crippen molar-refractivity contribution in [2.75, 3.05) is 0 Å². The van der Waals surface area contributed by atoms with Crippen LogP contribution in [-0.2, 0) is 0 Å². The van der Waals surface area contributed by atoms with E-state index in [0.717, 1.165) is 23.9 Å². The number of hydrogen-bond acceptors (Lipinski definition) is 1. The Balaban J connectivity index is 0.00000128. The molecule has 2 fully saturated rings. The van der Waals surface area contributed by atoms with Crippen molar-refractivity contribution in [2.24, 2.45) is 11.8 Å². The summed E-state index contributed by atoms with van der Waals surface area (Å²) in [5, 5.41) is 3.96. The van der Waals surface area contributed by atoms with Crippen LogP contribution >= 0.6 is 0 Å². The summed E-state index contributed by atoms with van der Waals surface area (Å²) in [6, 6.07) is 1.71. The molecule has 16 heavy (non-hydrogen) atoms. The van der Waals surface area contributed by atoms with Crippen molar-refractivity contribution >= 4 is 0 Å². The van der Waals surface area contributed by atoms with Crippen LogP contribution in [0.2, 0.25) is 0 Å². The monoisotopic (exact) mass is 227 g/mol. The molecule has 1 saturated heterocycles. The smallest absolute Gasteiger partial charge is 0.00980 e. The van der Waals surface area contributed by atoms with Gasteiger partial charge in [-0.25, -0.2) is 0 Å². The molecular weight excluding hydrogens is 198 g/mol. The summed E-state index contributed by atoms with van der Waals surface area (Å²) in [6.45, 7) is 4.70. The minimum Gasteiger partial charge on any atom is -0.412 e. The van der Waals surface area contributed by atoms with Gasteiger partial charge in [-0.05, 0) is 37.5 Å². The van der Waals surface area contributed by atoms with Crippen molar-refractivity contribution in [1.82, 2.24) is 5.32 Å². The van der Waals surface area contributed by atoms with Crippen molar-refractivity contribution in [3.63, 3.8) is 0 Å². The van der Waals surface area contributed by atoms with E-state index in [-0.39, 0.29) is 5.48 Å². The quantitative estimate of drug-likeness (QED) is 0.791. The molecular formula is C14H29NO. The molecule has 96 valence electrons. The summed E-state index contributed by atoms with van der Waals surface area (Å²) in [5.74, 6) is 1.94. The van der Waals surface area contributed by atoms with Gasteiger partial charge in [0.25, 0.3) is 0 Å². The maximum atomic E-state index is 3.96. The van der Waals surface area contributed by atoms with Gasteiger partial charge in [-0.2, -0.15) is 0 Å². The first kappa shape index (κ1) is 14.0. The second-order valence-electron chi connectivity index (χ2n) is 5.58. The van der Waals surface area contributed by atoms with Crippen LogP contribution in [0.25, 0.3) is 0 Å². The Morgan fingerprint density at radius 1 is 1.00 bits per heavy atom. The zero-order valence-corrected chi connectivity index (χ0v) is 11.0. The summed E-state index contributed by atoms with van der Waals surface area (Å²) >= 11 is 0. The van der Waals surface area contributed by atoms with E-state index in [4.69, 9.17) is 0 Å². The minimum absolute atomic E-state index is 0. The lowest BCUT2D eigenvalue weighted by Gasteiger charge is -2.43. The molecule has 2 heteroatoms. The van der Waals surface area contributed by atoms with Gasteiger partial charge in [0.1, 0.15) is 0 Å². The van der Waals surface area contributed by atoms with Crippen LogP contribution in [0.4, 0.5) is 0 Å². The zero-order valence-electron chi connectivity index (χ0n) is 11.0. The number of fused-ring (bicyclic) bond motifs is 1. The van der Waals surface area contributed by atoms with Crippen LogP contribution < -0.4 is 5.32 Å². The van der Waals surface area contributed by atoms with Gasteiger partial charge in [-0.1, -0.05) is 39.5 Å². The molecule has 0 aromatic carbocycles. The third-order valence-corrected chi connectivity index (χ3v) is 4.80. The summed E-state index contributed by atoms with van der Waals surface area (Å²) < 4.78 is 0. The molecule has 1 aliphatic heterocycles. The van der Waals surface area contributed by atoms with Crippen LogP contribution in [-0.4, -0.2) is 17.6 Å². The van der Waals surface area contributed by atoms with E-state index in [9.17, 15) is 0 Å². The van der Waals surface area contributed by atoms with Gasteiger partial charge in [-0.3, -0.25) is 0 Å². The van der Waals surface area contributed by atoms with E-state index >= 15 is 0 Å². The summed E-state index contributed by atoms with van der Waals surface area (Å²) in [7, 11) is 0. The molecule has 0 radical (unpaired) electrons. The molecule has 0 amide bonds. The molecule has 1 aliphatic carbocycles. The van der Waals surface area contributed by atoms with Crippen LogP contribution in [0.15, 0.2) is 0 Å². The van der Waals surface area contributed by atoms with Crippen molar-refractivity contribution in [2.45, 2.75) is 77.3 Å². The second-order valence-corrected chi connectivity index (χ2v) is 5.58. The fourth-order valence-electron chi connectivity index (χ4n) is 3.75. The van der Waals surface area contributed by atoms with E-state index in [0.29, 0.717) is 0 Å². The number of nitrogens with one attached hydrogen (secondary N) is 1. The molecule has 2 nitrogen and oxygen atoms in total. The van der Waals surface area contributed by atoms with E-state index in [1.807, 2.05) is 0 Å². The molecule has 3 unspecified atom stereocenters. The largest absolute Gasteiger partial charge is 0.412 e. The molecule has 0 bridgehead atoms. The van der Waals surface area contributed by atoms with Crippen molar-refractivity contribution < 1.29 is 5.48 Å². The first-order valence-electron chi connectivity index (χ1n) is 7.11. The first-order valence-corrected chi connectivity index (χ1v) is 7.11. The molecule has 1 saturated carbocycles. The molecule has 3 atom stereocenters. The Kier molecular flexibility index (Phi) is 5.77. The Morgan fingerprint density at radius 3 is 2.38 bits per heavy atom. The topological polar surface area (TPSA) is 43.5 Å². The van der Waals surface area contributed by atoms with Crippen molar-refractivity contribution in [3.05, 3.63) is 0 Å². The Hall–Kier alpha value is -0.0800. The fourth-order valence-corrected chi connectivity index (χ4v) is 3.75. The van der Waals surface area contributed by atoms with E-state index in [1.165, 1.54) is 51.4 Å². The SMILES string of the molecule is CCC(CC)C1CCC2CCCCC2N1.O. The van der Waals surface area contributed by atoms with Crippen LogP contribution in [0.3, 0.4) is 0 Å². The Bertz CT molecular complexity index is 191. The summed E-state index contributed by atoms with van der Waals surface area (Å²) in [6.07, 6.45) is 11.5. The maximum absolute atomic E-state index is 3.96. The molecule has 2 aliphatic rings. The van der Waals surface area contributed by atoms with Crippen LogP contribution in [0.1, 0.15) is 65.2 Å². The highest BCUT2D eigenvalue weighted by Crippen LogP contribution is 2.34. The standard InChI is InChI=1S/C14H27N.H2O/c1-3-11(4-2)14-10-9-12-7-5-6-8-13(12)15-14;/h11-15H,3-10H2,1-2H3;1H2. The summed E-state index contributed by atoms with van der Waals surface area (Å²) in [5.41, 5.74) is 0. The zero-order chi connectivity index (χ0) is 10.7. The predicted octanol–water partition coefficient (Wildman–Crippen LogP) is 2.91. The van der Waals surface area contributed by atoms with Crippen LogP contribution in [0.5, 0.6) is 0 Å². The lowest BCUT2D eigenvalue weighted by Crippen LogP contribution is -2.51. The van der Waals surface area contributed by atoms with Gasteiger partial charge in [0.15, 0.2) is 0 Å². The van der Waals surface area contributed by atoms with Crippen molar-refractivity contribution in [3.8, 4) is 0 Å².